The van der Waals surface area contributed by atoms with Gasteiger partial charge in [0.15, 0.2) is 0 Å². The van der Waals surface area contributed by atoms with Crippen LogP contribution in [0.5, 0.6) is 5.75 Å². The van der Waals surface area contributed by atoms with Crippen molar-refractivity contribution in [3.8, 4) is 5.75 Å². The average Bonchev–Trinajstić information content (AvgIpc) is 2.45. The van der Waals surface area contributed by atoms with E-state index in [1.807, 2.05) is 13.0 Å². The standard InChI is InChI=1S/C8H13NO2S/c1-5-3-7(11-2)8(12-5)6(10)4-9/h3,6,10H,4,9H2,1-2H3. The van der Waals surface area contributed by atoms with E-state index in [-0.39, 0.29) is 6.54 Å². The lowest BCUT2D eigenvalue weighted by molar-refractivity contribution is 0.186. The van der Waals surface area contributed by atoms with Gasteiger partial charge in [0.1, 0.15) is 11.9 Å². The third-order valence-electron chi connectivity index (χ3n) is 1.59. The molecule has 0 aromatic carbocycles. The molecular weight excluding hydrogens is 174 g/mol. The first-order valence-electron chi connectivity index (χ1n) is 3.71. The first kappa shape index (κ1) is 9.51. The molecule has 0 amide bonds. The largest absolute Gasteiger partial charge is 0.495 e. The maximum Gasteiger partial charge on any atom is 0.135 e. The molecular formula is C8H13NO2S. The number of nitrogens with two attached hydrogens (primary N) is 1. The Hall–Kier alpha value is -0.580. The predicted molar refractivity (Wildman–Crippen MR) is 49.6 cm³/mol. The first-order chi connectivity index (χ1) is 5.69. The molecule has 3 nitrogen and oxygen atoms in total. The fourth-order valence-corrected chi connectivity index (χ4v) is 2.00. The Labute approximate surface area is 75.8 Å². The molecule has 1 heterocycles. The fourth-order valence-electron chi connectivity index (χ4n) is 1.01. The van der Waals surface area contributed by atoms with Crippen molar-refractivity contribution in [2.24, 2.45) is 5.73 Å². The summed E-state index contributed by atoms with van der Waals surface area (Å²) in [7, 11) is 1.59. The number of hydrogen-bond acceptors (Lipinski definition) is 4. The normalized spacial score (nSPS) is 13.0. The smallest absolute Gasteiger partial charge is 0.135 e. The second kappa shape index (κ2) is 3.89. The van der Waals surface area contributed by atoms with Crippen LogP contribution in [-0.2, 0) is 0 Å². The average molecular weight is 187 g/mol. The van der Waals surface area contributed by atoms with E-state index in [4.69, 9.17) is 10.5 Å². The summed E-state index contributed by atoms with van der Waals surface area (Å²) >= 11 is 1.52. The second-order valence-corrected chi connectivity index (χ2v) is 3.83. The molecule has 4 heteroatoms. The van der Waals surface area contributed by atoms with E-state index in [9.17, 15) is 5.11 Å². The highest BCUT2D eigenvalue weighted by Gasteiger charge is 2.14. The van der Waals surface area contributed by atoms with Gasteiger partial charge in [0.05, 0.1) is 12.0 Å². The zero-order valence-corrected chi connectivity index (χ0v) is 8.02. The maximum atomic E-state index is 9.46. The lowest BCUT2D eigenvalue weighted by Gasteiger charge is -2.06. The fraction of sp³-hybridized carbons (Fsp3) is 0.500. The molecule has 1 atom stereocenters. The number of aryl methyl sites for hydroxylation is 1. The van der Waals surface area contributed by atoms with Crippen LogP contribution in [0.1, 0.15) is 15.9 Å². The van der Waals surface area contributed by atoms with Gasteiger partial charge in [-0.15, -0.1) is 11.3 Å². The van der Waals surface area contributed by atoms with Gasteiger partial charge in [-0.2, -0.15) is 0 Å². The van der Waals surface area contributed by atoms with Crippen molar-refractivity contribution in [3.63, 3.8) is 0 Å². The highest BCUT2D eigenvalue weighted by molar-refractivity contribution is 7.12. The SMILES string of the molecule is COc1cc(C)sc1C(O)CN. The van der Waals surface area contributed by atoms with Crippen LogP contribution in [-0.4, -0.2) is 18.8 Å². The second-order valence-electron chi connectivity index (χ2n) is 2.54. The number of rotatable bonds is 3. The Kier molecular flexibility index (Phi) is 3.08. The Balaban J connectivity index is 2.96. The third kappa shape index (κ3) is 1.77. The number of thiophene rings is 1. The van der Waals surface area contributed by atoms with Crippen molar-refractivity contribution in [3.05, 3.63) is 15.8 Å². The summed E-state index contributed by atoms with van der Waals surface area (Å²) in [4.78, 5) is 1.94. The number of aliphatic hydroxyl groups excluding tert-OH is 1. The van der Waals surface area contributed by atoms with Crippen molar-refractivity contribution >= 4 is 11.3 Å². The highest BCUT2D eigenvalue weighted by atomic mass is 32.1. The van der Waals surface area contributed by atoms with E-state index >= 15 is 0 Å². The van der Waals surface area contributed by atoms with Crippen molar-refractivity contribution in [2.45, 2.75) is 13.0 Å². The van der Waals surface area contributed by atoms with Gasteiger partial charge in [0, 0.05) is 11.4 Å². The molecule has 0 saturated heterocycles. The lowest BCUT2D eigenvalue weighted by Crippen LogP contribution is -2.10. The zero-order chi connectivity index (χ0) is 9.14. The van der Waals surface area contributed by atoms with Crippen LogP contribution in [0.3, 0.4) is 0 Å². The molecule has 0 aliphatic carbocycles. The van der Waals surface area contributed by atoms with Crippen LogP contribution in [0.25, 0.3) is 0 Å². The molecule has 68 valence electrons. The van der Waals surface area contributed by atoms with Gasteiger partial charge in [0.25, 0.3) is 0 Å². The minimum Gasteiger partial charge on any atom is -0.495 e. The van der Waals surface area contributed by atoms with Crippen molar-refractivity contribution < 1.29 is 9.84 Å². The molecule has 1 aromatic rings. The van der Waals surface area contributed by atoms with E-state index in [1.165, 1.54) is 11.3 Å². The summed E-state index contributed by atoms with van der Waals surface area (Å²) in [5.41, 5.74) is 5.34. The van der Waals surface area contributed by atoms with Crippen LogP contribution < -0.4 is 10.5 Å². The summed E-state index contributed by atoms with van der Waals surface area (Å²) in [6.07, 6.45) is -0.598. The number of aliphatic hydroxyl groups is 1. The maximum absolute atomic E-state index is 9.46. The zero-order valence-electron chi connectivity index (χ0n) is 7.20. The monoisotopic (exact) mass is 187 g/mol. The Morgan fingerprint density at radius 2 is 2.42 bits per heavy atom. The van der Waals surface area contributed by atoms with Crippen LogP contribution in [0.15, 0.2) is 6.07 Å². The molecule has 0 fully saturated rings. The molecule has 0 spiro atoms. The van der Waals surface area contributed by atoms with E-state index in [0.29, 0.717) is 0 Å². The molecule has 0 radical (unpaired) electrons. The predicted octanol–water partition coefficient (Wildman–Crippen LogP) is 1.06. The minimum atomic E-state index is -0.598. The molecule has 0 aliphatic heterocycles. The minimum absolute atomic E-state index is 0.232. The summed E-state index contributed by atoms with van der Waals surface area (Å²) in [5.74, 6) is 0.732. The van der Waals surface area contributed by atoms with Gasteiger partial charge in [-0.25, -0.2) is 0 Å². The molecule has 0 aliphatic rings. The van der Waals surface area contributed by atoms with Gasteiger partial charge in [-0.3, -0.25) is 0 Å². The van der Waals surface area contributed by atoms with Gasteiger partial charge in [-0.05, 0) is 13.0 Å². The number of methoxy groups -OCH3 is 1. The van der Waals surface area contributed by atoms with Gasteiger partial charge >= 0.3 is 0 Å². The summed E-state index contributed by atoms with van der Waals surface area (Å²) in [6, 6.07) is 1.90. The molecule has 12 heavy (non-hydrogen) atoms. The topological polar surface area (TPSA) is 55.5 Å². The lowest BCUT2D eigenvalue weighted by atomic mass is 10.3. The van der Waals surface area contributed by atoms with Crippen LogP contribution in [0, 0.1) is 6.92 Å². The van der Waals surface area contributed by atoms with E-state index < -0.39 is 6.10 Å². The molecule has 0 saturated carbocycles. The van der Waals surface area contributed by atoms with Crippen molar-refractivity contribution in [2.75, 3.05) is 13.7 Å². The first-order valence-corrected chi connectivity index (χ1v) is 4.53. The van der Waals surface area contributed by atoms with Gasteiger partial charge in [0.2, 0.25) is 0 Å². The molecule has 1 rings (SSSR count). The van der Waals surface area contributed by atoms with Crippen LogP contribution in [0.2, 0.25) is 0 Å². The Morgan fingerprint density at radius 3 is 2.92 bits per heavy atom. The number of hydrogen-bond donors (Lipinski definition) is 2. The Bertz CT molecular complexity index is 260. The van der Waals surface area contributed by atoms with Crippen molar-refractivity contribution in [1.29, 1.82) is 0 Å². The highest BCUT2D eigenvalue weighted by Crippen LogP contribution is 2.33. The third-order valence-corrected chi connectivity index (χ3v) is 2.73. The molecule has 1 aromatic heterocycles. The van der Waals surface area contributed by atoms with Crippen LogP contribution >= 0.6 is 11.3 Å². The van der Waals surface area contributed by atoms with E-state index in [1.54, 1.807) is 7.11 Å². The summed E-state index contributed by atoms with van der Waals surface area (Å²) in [5, 5.41) is 9.46. The molecule has 0 bridgehead atoms. The summed E-state index contributed by atoms with van der Waals surface area (Å²) < 4.78 is 5.08. The van der Waals surface area contributed by atoms with Crippen molar-refractivity contribution in [1.82, 2.24) is 0 Å². The quantitative estimate of drug-likeness (QED) is 0.744. The summed E-state index contributed by atoms with van der Waals surface area (Å²) in [6.45, 7) is 2.20. The van der Waals surface area contributed by atoms with E-state index in [0.717, 1.165) is 15.5 Å². The van der Waals surface area contributed by atoms with Gasteiger partial charge in [-0.1, -0.05) is 0 Å². The number of ether oxygens (including phenoxy) is 1. The van der Waals surface area contributed by atoms with E-state index in [2.05, 4.69) is 0 Å². The molecule has 3 N–H and O–H groups in total. The van der Waals surface area contributed by atoms with Crippen LogP contribution in [0.4, 0.5) is 0 Å². The Morgan fingerprint density at radius 1 is 1.75 bits per heavy atom. The molecule has 1 unspecified atom stereocenters. The van der Waals surface area contributed by atoms with Gasteiger partial charge < -0.3 is 15.6 Å².